The number of pyridine rings is 1. The number of fused-ring (bicyclic) bond motifs is 1. The van der Waals surface area contributed by atoms with Crippen LogP contribution in [0.3, 0.4) is 0 Å². The third kappa shape index (κ3) is 4.36. The van der Waals surface area contributed by atoms with E-state index < -0.39 is 0 Å². The second kappa shape index (κ2) is 8.74. The van der Waals surface area contributed by atoms with E-state index in [0.717, 1.165) is 30.8 Å². The summed E-state index contributed by atoms with van der Waals surface area (Å²) in [6, 6.07) is 15.0. The number of hydrogen-bond acceptors (Lipinski definition) is 3. The van der Waals surface area contributed by atoms with Gasteiger partial charge < -0.3 is 9.64 Å². The van der Waals surface area contributed by atoms with Crippen molar-refractivity contribution in [3.8, 4) is 16.9 Å². The Balaban J connectivity index is 1.37. The van der Waals surface area contributed by atoms with Gasteiger partial charge >= 0.3 is 0 Å². The minimum atomic E-state index is 0.788. The summed E-state index contributed by atoms with van der Waals surface area (Å²) >= 11 is 0. The van der Waals surface area contributed by atoms with Gasteiger partial charge in [0.1, 0.15) is 5.75 Å². The minimum Gasteiger partial charge on any atom is -0.494 e. The molecule has 0 unspecified atom stereocenters. The maximum absolute atomic E-state index is 5.96. The first-order valence-corrected chi connectivity index (χ1v) is 10.5. The van der Waals surface area contributed by atoms with Gasteiger partial charge in [-0.2, -0.15) is 0 Å². The van der Waals surface area contributed by atoms with Crippen molar-refractivity contribution < 1.29 is 4.74 Å². The summed E-state index contributed by atoms with van der Waals surface area (Å²) in [6.45, 7) is 8.75. The Morgan fingerprint density at radius 3 is 2.46 bits per heavy atom. The van der Waals surface area contributed by atoms with Crippen molar-refractivity contribution in [3.63, 3.8) is 0 Å². The maximum atomic E-state index is 5.96. The van der Waals surface area contributed by atoms with Crippen LogP contribution in [0.1, 0.15) is 36.8 Å². The molecular formula is C25H30N2O. The lowest BCUT2D eigenvalue weighted by Gasteiger charge is -2.26. The first kappa shape index (κ1) is 18.9. The lowest BCUT2D eigenvalue weighted by atomic mass is 9.99. The van der Waals surface area contributed by atoms with Gasteiger partial charge in [-0.25, -0.2) is 0 Å². The molecule has 1 aliphatic heterocycles. The summed E-state index contributed by atoms with van der Waals surface area (Å²) < 4.78 is 5.96. The highest BCUT2D eigenvalue weighted by Crippen LogP contribution is 2.28. The first-order valence-electron chi connectivity index (χ1n) is 10.5. The average Bonchev–Trinajstić information content (AvgIpc) is 2.75. The number of piperidine rings is 1. The quantitative estimate of drug-likeness (QED) is 0.512. The van der Waals surface area contributed by atoms with E-state index in [9.17, 15) is 0 Å². The van der Waals surface area contributed by atoms with Crippen LogP contribution in [0.5, 0.6) is 5.75 Å². The molecule has 1 aromatic heterocycles. The zero-order valence-electron chi connectivity index (χ0n) is 17.1. The van der Waals surface area contributed by atoms with Gasteiger partial charge in [-0.15, -0.1) is 0 Å². The standard InChI is InChI=1S/C25H30N2O/c1-19-18-26-25-12-9-22(17-24(25)20(19)2)21-7-10-23(11-8-21)28-16-6-15-27-13-4-3-5-14-27/h7-12,17-18H,3-6,13-16H2,1-2H3. The summed E-state index contributed by atoms with van der Waals surface area (Å²) in [5, 5.41) is 1.23. The molecule has 0 amide bonds. The van der Waals surface area contributed by atoms with Gasteiger partial charge in [-0.05, 0) is 92.7 Å². The lowest BCUT2D eigenvalue weighted by molar-refractivity contribution is 0.205. The average molecular weight is 375 g/mol. The molecule has 3 aromatic rings. The fourth-order valence-corrected chi connectivity index (χ4v) is 4.01. The summed E-state index contributed by atoms with van der Waals surface area (Å²) in [5.41, 5.74) is 6.03. The lowest BCUT2D eigenvalue weighted by Crippen LogP contribution is -2.31. The Morgan fingerprint density at radius 2 is 1.68 bits per heavy atom. The molecule has 4 rings (SSSR count). The van der Waals surface area contributed by atoms with Crippen LogP contribution in [0.4, 0.5) is 0 Å². The van der Waals surface area contributed by atoms with Crippen LogP contribution in [-0.4, -0.2) is 36.1 Å². The van der Waals surface area contributed by atoms with E-state index in [4.69, 9.17) is 4.74 Å². The molecule has 0 spiro atoms. The van der Waals surface area contributed by atoms with Gasteiger partial charge in [0.25, 0.3) is 0 Å². The zero-order valence-corrected chi connectivity index (χ0v) is 17.1. The highest BCUT2D eigenvalue weighted by Gasteiger charge is 2.09. The Labute approximate surface area is 168 Å². The first-order chi connectivity index (χ1) is 13.7. The topological polar surface area (TPSA) is 25.4 Å². The molecule has 1 fully saturated rings. The number of nitrogens with zero attached hydrogens (tertiary/aromatic N) is 2. The number of aromatic nitrogens is 1. The molecule has 0 aliphatic carbocycles. The number of benzene rings is 2. The third-order valence-electron chi connectivity index (χ3n) is 5.91. The van der Waals surface area contributed by atoms with Gasteiger partial charge in [0.2, 0.25) is 0 Å². The number of likely N-dealkylation sites (tertiary alicyclic amines) is 1. The van der Waals surface area contributed by atoms with Gasteiger partial charge in [-0.1, -0.05) is 24.6 Å². The second-order valence-electron chi connectivity index (χ2n) is 7.93. The predicted octanol–water partition coefficient (Wildman–Crippen LogP) is 5.77. The molecule has 28 heavy (non-hydrogen) atoms. The molecule has 146 valence electrons. The number of aryl methyl sites for hydroxylation is 2. The summed E-state index contributed by atoms with van der Waals surface area (Å²) in [7, 11) is 0. The van der Waals surface area contributed by atoms with Crippen molar-refractivity contribution in [2.45, 2.75) is 39.5 Å². The number of ether oxygens (including phenoxy) is 1. The van der Waals surface area contributed by atoms with E-state index >= 15 is 0 Å². The summed E-state index contributed by atoms with van der Waals surface area (Å²) in [5.74, 6) is 0.955. The molecule has 0 N–H and O–H groups in total. The SMILES string of the molecule is Cc1cnc2ccc(-c3ccc(OCCCN4CCCCC4)cc3)cc2c1C. The van der Waals surface area contributed by atoms with Gasteiger partial charge in [0.05, 0.1) is 12.1 Å². The fourth-order valence-electron chi connectivity index (χ4n) is 4.01. The Hall–Kier alpha value is -2.39. The van der Waals surface area contributed by atoms with Crippen molar-refractivity contribution in [2.24, 2.45) is 0 Å². The smallest absolute Gasteiger partial charge is 0.119 e. The van der Waals surface area contributed by atoms with Crippen LogP contribution in [0.15, 0.2) is 48.7 Å². The summed E-state index contributed by atoms with van der Waals surface area (Å²) in [6.07, 6.45) is 7.15. The normalized spacial score (nSPS) is 15.1. The van der Waals surface area contributed by atoms with Crippen molar-refractivity contribution in [1.82, 2.24) is 9.88 Å². The van der Waals surface area contributed by atoms with Crippen molar-refractivity contribution in [1.29, 1.82) is 0 Å². The molecular weight excluding hydrogens is 344 g/mol. The molecule has 0 saturated carbocycles. The van der Waals surface area contributed by atoms with E-state index in [1.807, 2.05) is 6.20 Å². The molecule has 3 heteroatoms. The van der Waals surface area contributed by atoms with Crippen LogP contribution in [-0.2, 0) is 0 Å². The van der Waals surface area contributed by atoms with E-state index in [2.05, 4.69) is 66.2 Å². The monoisotopic (exact) mass is 374 g/mol. The number of rotatable bonds is 6. The third-order valence-corrected chi connectivity index (χ3v) is 5.91. The van der Waals surface area contributed by atoms with Gasteiger partial charge in [0.15, 0.2) is 0 Å². The van der Waals surface area contributed by atoms with Gasteiger partial charge in [0, 0.05) is 18.1 Å². The van der Waals surface area contributed by atoms with Crippen LogP contribution < -0.4 is 4.74 Å². The Kier molecular flexibility index (Phi) is 5.92. The van der Waals surface area contributed by atoms with Crippen LogP contribution >= 0.6 is 0 Å². The predicted molar refractivity (Wildman–Crippen MR) is 117 cm³/mol. The zero-order chi connectivity index (χ0) is 19.3. The minimum absolute atomic E-state index is 0.788. The van der Waals surface area contributed by atoms with E-state index in [0.29, 0.717) is 0 Å². The fraction of sp³-hybridized carbons (Fsp3) is 0.400. The van der Waals surface area contributed by atoms with Crippen LogP contribution in [0.25, 0.3) is 22.0 Å². The van der Waals surface area contributed by atoms with E-state index in [1.165, 1.54) is 60.0 Å². The molecule has 1 saturated heterocycles. The van der Waals surface area contributed by atoms with Crippen molar-refractivity contribution in [3.05, 3.63) is 59.8 Å². The van der Waals surface area contributed by atoms with Crippen LogP contribution in [0.2, 0.25) is 0 Å². The second-order valence-corrected chi connectivity index (χ2v) is 7.93. The van der Waals surface area contributed by atoms with Crippen LogP contribution in [0, 0.1) is 13.8 Å². The number of hydrogen-bond donors (Lipinski definition) is 0. The molecule has 2 aromatic carbocycles. The molecule has 2 heterocycles. The Bertz CT molecular complexity index is 927. The molecule has 1 aliphatic rings. The molecule has 0 atom stereocenters. The van der Waals surface area contributed by atoms with Crippen molar-refractivity contribution >= 4 is 10.9 Å². The Morgan fingerprint density at radius 1 is 0.929 bits per heavy atom. The molecule has 0 bridgehead atoms. The highest BCUT2D eigenvalue weighted by molar-refractivity contribution is 5.87. The van der Waals surface area contributed by atoms with E-state index in [1.54, 1.807) is 0 Å². The largest absolute Gasteiger partial charge is 0.494 e. The van der Waals surface area contributed by atoms with Crippen molar-refractivity contribution in [2.75, 3.05) is 26.2 Å². The highest BCUT2D eigenvalue weighted by atomic mass is 16.5. The summed E-state index contributed by atoms with van der Waals surface area (Å²) in [4.78, 5) is 7.11. The van der Waals surface area contributed by atoms with E-state index in [-0.39, 0.29) is 0 Å². The molecule has 0 radical (unpaired) electrons. The molecule has 3 nitrogen and oxygen atoms in total. The maximum Gasteiger partial charge on any atom is 0.119 e. The van der Waals surface area contributed by atoms with Gasteiger partial charge in [-0.3, -0.25) is 4.98 Å².